The van der Waals surface area contributed by atoms with E-state index in [1.54, 1.807) is 4.90 Å². The Kier molecular flexibility index (Phi) is 3.50. The zero-order valence-corrected chi connectivity index (χ0v) is 12.9. The van der Waals surface area contributed by atoms with Gasteiger partial charge in [-0.1, -0.05) is 0 Å². The van der Waals surface area contributed by atoms with Gasteiger partial charge in [0.25, 0.3) is 0 Å². The van der Waals surface area contributed by atoms with Crippen molar-refractivity contribution in [2.75, 3.05) is 6.54 Å². The van der Waals surface area contributed by atoms with Crippen molar-refractivity contribution in [1.82, 2.24) is 10.2 Å². The monoisotopic (exact) mass is 296 g/mol. The first-order valence-electron chi connectivity index (χ1n) is 7.80. The Morgan fingerprint density at radius 3 is 2.52 bits per heavy atom. The van der Waals surface area contributed by atoms with Crippen molar-refractivity contribution >= 4 is 12.2 Å². The van der Waals surface area contributed by atoms with Gasteiger partial charge in [0.05, 0.1) is 12.1 Å². The lowest BCUT2D eigenvalue weighted by Gasteiger charge is -2.37. The van der Waals surface area contributed by atoms with Crippen LogP contribution in [0.25, 0.3) is 0 Å². The molecular formula is C15H24N2O4. The van der Waals surface area contributed by atoms with Gasteiger partial charge in [0.15, 0.2) is 0 Å². The van der Waals surface area contributed by atoms with Crippen molar-refractivity contribution < 1.29 is 19.1 Å². The maximum absolute atomic E-state index is 12.1. The van der Waals surface area contributed by atoms with Gasteiger partial charge in [-0.15, -0.1) is 0 Å². The first kappa shape index (κ1) is 14.5. The summed E-state index contributed by atoms with van der Waals surface area (Å²) in [5.74, 6) is 0.330. The predicted octanol–water partition coefficient (Wildman–Crippen LogP) is 2.27. The summed E-state index contributed by atoms with van der Waals surface area (Å²) in [6.07, 6.45) is 3.47. The van der Waals surface area contributed by atoms with Crippen LogP contribution in [-0.2, 0) is 9.47 Å². The Morgan fingerprint density at radius 1 is 1.24 bits per heavy atom. The summed E-state index contributed by atoms with van der Waals surface area (Å²) in [5.41, 5.74) is -0.490. The largest absolute Gasteiger partial charge is 0.446 e. The fraction of sp³-hybridized carbons (Fsp3) is 0.867. The van der Waals surface area contributed by atoms with Crippen LogP contribution in [0, 0.1) is 5.92 Å². The SMILES string of the molecule is CC(C)(C)OC(=O)N1CC2CC1C2NC(=O)OC1CCC1. The quantitative estimate of drug-likeness (QED) is 0.849. The van der Waals surface area contributed by atoms with Crippen LogP contribution in [0.1, 0.15) is 46.5 Å². The fourth-order valence-corrected chi connectivity index (χ4v) is 3.17. The smallest absolute Gasteiger partial charge is 0.410 e. The highest BCUT2D eigenvalue weighted by atomic mass is 16.6. The Balaban J connectivity index is 1.49. The number of nitrogens with one attached hydrogen (secondary N) is 1. The van der Waals surface area contributed by atoms with E-state index < -0.39 is 5.60 Å². The standard InChI is InChI=1S/C15H24N2O4/c1-15(2,3)21-14(19)17-8-9-7-11(17)12(9)16-13(18)20-10-5-4-6-10/h9-12H,4-8H2,1-3H3,(H,16,18). The molecule has 2 saturated carbocycles. The molecule has 0 radical (unpaired) electrons. The summed E-state index contributed by atoms with van der Waals surface area (Å²) in [5, 5.41) is 2.91. The molecule has 3 unspecified atom stereocenters. The Bertz CT molecular complexity index is 441. The summed E-state index contributed by atoms with van der Waals surface area (Å²) in [6.45, 7) is 6.24. The summed E-state index contributed by atoms with van der Waals surface area (Å²) < 4.78 is 10.7. The van der Waals surface area contributed by atoms with Crippen LogP contribution in [0.15, 0.2) is 0 Å². The highest BCUT2D eigenvalue weighted by molar-refractivity contribution is 5.72. The van der Waals surface area contributed by atoms with Gasteiger partial charge >= 0.3 is 12.2 Å². The molecule has 4 aliphatic rings. The highest BCUT2D eigenvalue weighted by Gasteiger charge is 2.55. The second-order valence-corrected chi connectivity index (χ2v) is 7.32. The zero-order valence-electron chi connectivity index (χ0n) is 12.9. The lowest BCUT2D eigenvalue weighted by molar-refractivity contribution is 0.0197. The molecule has 21 heavy (non-hydrogen) atoms. The summed E-state index contributed by atoms with van der Waals surface area (Å²) in [7, 11) is 0. The van der Waals surface area contributed by atoms with E-state index in [0.717, 1.165) is 25.7 Å². The van der Waals surface area contributed by atoms with Crippen LogP contribution in [0.5, 0.6) is 0 Å². The van der Waals surface area contributed by atoms with Crippen LogP contribution in [-0.4, -0.2) is 47.4 Å². The van der Waals surface area contributed by atoms with E-state index in [4.69, 9.17) is 9.47 Å². The van der Waals surface area contributed by atoms with Gasteiger partial charge < -0.3 is 19.7 Å². The normalized spacial score (nSPS) is 31.2. The molecule has 2 bridgehead atoms. The molecule has 1 N–H and O–H groups in total. The van der Waals surface area contributed by atoms with Crippen LogP contribution < -0.4 is 5.32 Å². The van der Waals surface area contributed by atoms with Gasteiger partial charge in [-0.2, -0.15) is 0 Å². The molecule has 2 heterocycles. The topological polar surface area (TPSA) is 67.9 Å². The van der Waals surface area contributed by atoms with Crippen LogP contribution >= 0.6 is 0 Å². The molecule has 2 aliphatic carbocycles. The highest BCUT2D eigenvalue weighted by Crippen LogP contribution is 2.41. The molecule has 0 aromatic carbocycles. The summed E-state index contributed by atoms with van der Waals surface area (Å²) in [4.78, 5) is 25.7. The number of rotatable bonds is 2. The number of carbonyl (C=O) groups is 2. The second-order valence-electron chi connectivity index (χ2n) is 7.32. The van der Waals surface area contributed by atoms with Crippen molar-refractivity contribution in [2.24, 2.45) is 5.92 Å². The van der Waals surface area contributed by atoms with Crippen molar-refractivity contribution in [1.29, 1.82) is 0 Å². The van der Waals surface area contributed by atoms with Crippen molar-refractivity contribution in [3.63, 3.8) is 0 Å². The number of fused-ring (bicyclic) bond motifs is 1. The van der Waals surface area contributed by atoms with Crippen molar-refractivity contribution in [2.45, 2.75) is 70.2 Å². The molecule has 0 aromatic rings. The lowest BCUT2D eigenvalue weighted by atomic mass is 9.80. The first-order chi connectivity index (χ1) is 9.83. The number of nitrogens with zero attached hydrogens (tertiary/aromatic N) is 1. The molecule has 4 fully saturated rings. The molecule has 0 spiro atoms. The van der Waals surface area contributed by atoms with Gasteiger partial charge in [-0.3, -0.25) is 0 Å². The van der Waals surface area contributed by atoms with Gasteiger partial charge in [-0.05, 0) is 46.5 Å². The molecule has 2 aliphatic heterocycles. The van der Waals surface area contributed by atoms with E-state index in [9.17, 15) is 9.59 Å². The van der Waals surface area contributed by atoms with Gasteiger partial charge in [-0.25, -0.2) is 9.59 Å². The fourth-order valence-electron chi connectivity index (χ4n) is 3.17. The van der Waals surface area contributed by atoms with Crippen molar-refractivity contribution in [3.05, 3.63) is 0 Å². The molecule has 3 atom stereocenters. The minimum Gasteiger partial charge on any atom is -0.446 e. The minimum atomic E-state index is -0.490. The number of alkyl carbamates (subject to hydrolysis) is 1. The average molecular weight is 296 g/mol. The van der Waals surface area contributed by atoms with Crippen LogP contribution in [0.3, 0.4) is 0 Å². The van der Waals surface area contributed by atoms with E-state index >= 15 is 0 Å². The number of carbonyl (C=O) groups excluding carboxylic acids is 2. The van der Waals surface area contributed by atoms with Crippen LogP contribution in [0.4, 0.5) is 9.59 Å². The molecule has 0 aromatic heterocycles. The predicted molar refractivity (Wildman–Crippen MR) is 75.9 cm³/mol. The Morgan fingerprint density at radius 2 is 1.95 bits per heavy atom. The van der Waals surface area contributed by atoms with E-state index in [0.29, 0.717) is 12.5 Å². The third-order valence-electron chi connectivity index (χ3n) is 4.54. The van der Waals surface area contributed by atoms with E-state index in [2.05, 4.69) is 5.32 Å². The number of hydrogen-bond acceptors (Lipinski definition) is 4. The molecular weight excluding hydrogens is 272 g/mol. The summed E-state index contributed by atoms with van der Waals surface area (Å²) >= 11 is 0. The van der Waals surface area contributed by atoms with E-state index in [-0.39, 0.29) is 30.4 Å². The van der Waals surface area contributed by atoms with Crippen LogP contribution in [0.2, 0.25) is 0 Å². The number of amides is 2. The Labute approximate surface area is 125 Å². The second kappa shape index (κ2) is 5.07. The van der Waals surface area contributed by atoms with Gasteiger partial charge in [0.1, 0.15) is 11.7 Å². The molecule has 6 heteroatoms. The number of ether oxygens (including phenoxy) is 2. The molecule has 2 amide bonds. The number of hydrogen-bond donors (Lipinski definition) is 1. The molecule has 6 nitrogen and oxygen atoms in total. The van der Waals surface area contributed by atoms with E-state index in [1.807, 2.05) is 20.8 Å². The zero-order chi connectivity index (χ0) is 15.2. The maximum atomic E-state index is 12.1. The first-order valence-corrected chi connectivity index (χ1v) is 7.80. The average Bonchev–Trinajstić information content (AvgIpc) is 2.87. The Hall–Kier alpha value is -1.46. The molecule has 118 valence electrons. The lowest BCUT2D eigenvalue weighted by Crippen LogP contribution is -2.56. The minimum absolute atomic E-state index is 0.0186. The third kappa shape index (κ3) is 2.94. The third-order valence-corrected chi connectivity index (χ3v) is 4.54. The van der Waals surface area contributed by atoms with Gasteiger partial charge in [0, 0.05) is 12.5 Å². The maximum Gasteiger partial charge on any atom is 0.410 e. The molecule has 2 saturated heterocycles. The molecule has 4 rings (SSSR count). The van der Waals surface area contributed by atoms with Gasteiger partial charge in [0.2, 0.25) is 0 Å². The summed E-state index contributed by atoms with van der Waals surface area (Å²) in [6, 6.07) is 0.0730. The van der Waals surface area contributed by atoms with E-state index in [1.165, 1.54) is 0 Å². The van der Waals surface area contributed by atoms with Crippen molar-refractivity contribution in [3.8, 4) is 0 Å².